The molecule has 1 heteroatoms. The third kappa shape index (κ3) is 9.96. The molecule has 0 aromatic heterocycles. The molecular weight excluding hydrogens is 148 g/mol. The van der Waals surface area contributed by atoms with E-state index in [4.69, 9.17) is 4.74 Å². The summed E-state index contributed by atoms with van der Waals surface area (Å²) in [5.74, 6) is 0. The molecular formula is C11H23O. The van der Waals surface area contributed by atoms with Gasteiger partial charge in [-0.1, -0.05) is 46.0 Å². The van der Waals surface area contributed by atoms with Gasteiger partial charge in [0.1, 0.15) is 0 Å². The summed E-state index contributed by atoms with van der Waals surface area (Å²) in [6.07, 6.45) is 8.95. The maximum absolute atomic E-state index is 5.33. The van der Waals surface area contributed by atoms with Gasteiger partial charge in [-0.25, -0.2) is 0 Å². The van der Waals surface area contributed by atoms with E-state index >= 15 is 0 Å². The monoisotopic (exact) mass is 171 g/mol. The van der Waals surface area contributed by atoms with Gasteiger partial charge in [0.2, 0.25) is 0 Å². The smallest absolute Gasteiger partial charge is 0.0466 e. The van der Waals surface area contributed by atoms with Crippen LogP contribution in [0.3, 0.4) is 0 Å². The summed E-state index contributed by atoms with van der Waals surface area (Å²) in [5.41, 5.74) is 0. The lowest BCUT2D eigenvalue weighted by Gasteiger charge is -2.01. The molecule has 0 aliphatic carbocycles. The zero-order valence-electron chi connectivity index (χ0n) is 8.48. The normalized spacial score (nSPS) is 10.5. The molecule has 0 aromatic carbocycles. The van der Waals surface area contributed by atoms with E-state index in [0.717, 1.165) is 19.6 Å². The molecule has 73 valence electrons. The highest BCUT2D eigenvalue weighted by Crippen LogP contribution is 2.04. The van der Waals surface area contributed by atoms with Crippen molar-refractivity contribution >= 4 is 0 Å². The highest BCUT2D eigenvalue weighted by molar-refractivity contribution is 4.43. The first-order valence-corrected chi connectivity index (χ1v) is 5.28. The highest BCUT2D eigenvalue weighted by Gasteiger charge is 1.89. The van der Waals surface area contributed by atoms with Crippen LogP contribution in [0.2, 0.25) is 0 Å². The molecule has 0 unspecified atom stereocenters. The number of hydrogen-bond donors (Lipinski definition) is 0. The summed E-state index contributed by atoms with van der Waals surface area (Å²) < 4.78 is 5.33. The molecule has 0 saturated heterocycles. The van der Waals surface area contributed by atoms with E-state index in [0.29, 0.717) is 0 Å². The first-order chi connectivity index (χ1) is 5.91. The van der Waals surface area contributed by atoms with Crippen LogP contribution in [0.4, 0.5) is 0 Å². The van der Waals surface area contributed by atoms with Crippen LogP contribution in [0.25, 0.3) is 0 Å². The molecule has 0 rings (SSSR count). The molecule has 0 bridgehead atoms. The van der Waals surface area contributed by atoms with Crippen LogP contribution >= 0.6 is 0 Å². The fourth-order valence-corrected chi connectivity index (χ4v) is 1.19. The summed E-state index contributed by atoms with van der Waals surface area (Å²) in [4.78, 5) is 0. The second-order valence-corrected chi connectivity index (χ2v) is 3.23. The fraction of sp³-hybridized carbons (Fsp3) is 0.909. The summed E-state index contributed by atoms with van der Waals surface area (Å²) >= 11 is 0. The highest BCUT2D eigenvalue weighted by atomic mass is 16.5. The number of rotatable bonds is 9. The SMILES string of the molecule is [CH2]CCOCCCCCCCC. The van der Waals surface area contributed by atoms with Gasteiger partial charge in [-0.05, 0) is 12.8 Å². The zero-order valence-corrected chi connectivity index (χ0v) is 8.48. The van der Waals surface area contributed by atoms with Crippen LogP contribution in [0.5, 0.6) is 0 Å². The van der Waals surface area contributed by atoms with Crippen molar-refractivity contribution in [3.05, 3.63) is 6.92 Å². The Morgan fingerprint density at radius 2 is 1.58 bits per heavy atom. The Hall–Kier alpha value is -0.0400. The van der Waals surface area contributed by atoms with E-state index in [9.17, 15) is 0 Å². The molecule has 0 fully saturated rings. The molecule has 0 N–H and O–H groups in total. The Bertz CT molecular complexity index is 61.4. The van der Waals surface area contributed by atoms with Crippen molar-refractivity contribution in [2.45, 2.75) is 51.9 Å². The van der Waals surface area contributed by atoms with Crippen LogP contribution < -0.4 is 0 Å². The molecule has 0 heterocycles. The summed E-state index contributed by atoms with van der Waals surface area (Å²) in [7, 11) is 0. The van der Waals surface area contributed by atoms with Crippen molar-refractivity contribution in [2.75, 3.05) is 13.2 Å². The van der Waals surface area contributed by atoms with E-state index < -0.39 is 0 Å². The maximum Gasteiger partial charge on any atom is 0.0466 e. The summed E-state index contributed by atoms with van der Waals surface area (Å²) in [5, 5.41) is 0. The third-order valence-corrected chi connectivity index (χ3v) is 1.93. The third-order valence-electron chi connectivity index (χ3n) is 1.93. The van der Waals surface area contributed by atoms with Crippen molar-refractivity contribution < 1.29 is 4.74 Å². The minimum atomic E-state index is 0.828. The van der Waals surface area contributed by atoms with Crippen molar-refractivity contribution in [2.24, 2.45) is 0 Å². The molecule has 0 amide bonds. The standard InChI is InChI=1S/C11H23O/c1-3-5-6-7-8-9-11-12-10-4-2/h2-11H2,1H3. The van der Waals surface area contributed by atoms with E-state index in [1.807, 2.05) is 0 Å². The Kier molecular flexibility index (Phi) is 10.9. The van der Waals surface area contributed by atoms with Gasteiger partial charge < -0.3 is 4.74 Å². The fourth-order valence-electron chi connectivity index (χ4n) is 1.19. The number of hydrogen-bond acceptors (Lipinski definition) is 1. The Labute approximate surface area is 77.5 Å². The van der Waals surface area contributed by atoms with E-state index in [1.165, 1.54) is 38.5 Å². The van der Waals surface area contributed by atoms with Crippen LogP contribution in [0.15, 0.2) is 0 Å². The lowest BCUT2D eigenvalue weighted by molar-refractivity contribution is 0.134. The van der Waals surface area contributed by atoms with Crippen molar-refractivity contribution in [1.82, 2.24) is 0 Å². The number of unbranched alkanes of at least 4 members (excludes halogenated alkanes) is 5. The minimum Gasteiger partial charge on any atom is -0.381 e. The second kappa shape index (κ2) is 11.0. The van der Waals surface area contributed by atoms with Crippen molar-refractivity contribution in [1.29, 1.82) is 0 Å². The molecule has 0 aliphatic heterocycles. The van der Waals surface area contributed by atoms with Gasteiger partial charge in [-0.15, -0.1) is 0 Å². The average molecular weight is 171 g/mol. The first-order valence-electron chi connectivity index (χ1n) is 5.28. The molecule has 0 saturated carbocycles. The zero-order chi connectivity index (χ0) is 9.07. The van der Waals surface area contributed by atoms with Gasteiger partial charge in [-0.2, -0.15) is 0 Å². The molecule has 0 aromatic rings. The van der Waals surface area contributed by atoms with Crippen LogP contribution in [-0.2, 0) is 4.74 Å². The predicted octanol–water partition coefficient (Wildman–Crippen LogP) is 3.59. The molecule has 1 nitrogen and oxygen atoms in total. The molecule has 0 aliphatic rings. The van der Waals surface area contributed by atoms with Crippen LogP contribution in [0.1, 0.15) is 51.9 Å². The molecule has 0 spiro atoms. The minimum absolute atomic E-state index is 0.828. The summed E-state index contributed by atoms with van der Waals surface area (Å²) in [6.45, 7) is 7.73. The van der Waals surface area contributed by atoms with Crippen molar-refractivity contribution in [3.63, 3.8) is 0 Å². The molecule has 12 heavy (non-hydrogen) atoms. The Morgan fingerprint density at radius 3 is 2.25 bits per heavy atom. The quantitative estimate of drug-likeness (QED) is 0.482. The lowest BCUT2D eigenvalue weighted by Crippen LogP contribution is -1.95. The molecule has 0 atom stereocenters. The summed E-state index contributed by atoms with van der Waals surface area (Å²) in [6, 6.07) is 0. The predicted molar refractivity (Wildman–Crippen MR) is 54.2 cm³/mol. The van der Waals surface area contributed by atoms with E-state index in [-0.39, 0.29) is 0 Å². The first kappa shape index (κ1) is 12.0. The average Bonchev–Trinajstić information content (AvgIpc) is 2.10. The van der Waals surface area contributed by atoms with Crippen LogP contribution in [-0.4, -0.2) is 13.2 Å². The van der Waals surface area contributed by atoms with Gasteiger partial charge in [0.15, 0.2) is 0 Å². The van der Waals surface area contributed by atoms with Gasteiger partial charge in [0.05, 0.1) is 0 Å². The van der Waals surface area contributed by atoms with Gasteiger partial charge in [0.25, 0.3) is 0 Å². The Balaban J connectivity index is 2.73. The topological polar surface area (TPSA) is 9.23 Å². The lowest BCUT2D eigenvalue weighted by atomic mass is 10.1. The second-order valence-electron chi connectivity index (χ2n) is 3.23. The largest absolute Gasteiger partial charge is 0.381 e. The molecule has 1 radical (unpaired) electrons. The van der Waals surface area contributed by atoms with Crippen molar-refractivity contribution in [3.8, 4) is 0 Å². The Morgan fingerprint density at radius 1 is 0.917 bits per heavy atom. The van der Waals surface area contributed by atoms with Crippen LogP contribution in [0, 0.1) is 6.92 Å². The van der Waals surface area contributed by atoms with Gasteiger partial charge in [-0.3, -0.25) is 0 Å². The van der Waals surface area contributed by atoms with Gasteiger partial charge >= 0.3 is 0 Å². The van der Waals surface area contributed by atoms with Gasteiger partial charge in [0, 0.05) is 13.2 Å². The van der Waals surface area contributed by atoms with E-state index in [1.54, 1.807) is 0 Å². The number of ether oxygens (including phenoxy) is 1. The van der Waals surface area contributed by atoms with E-state index in [2.05, 4.69) is 13.8 Å². The maximum atomic E-state index is 5.33.